The zero-order valence-corrected chi connectivity index (χ0v) is 30.5. The molecule has 0 radical (unpaired) electrons. The molecule has 2 aromatic carbocycles. The van der Waals surface area contributed by atoms with Gasteiger partial charge in [-0.1, -0.05) is 13.0 Å². The summed E-state index contributed by atoms with van der Waals surface area (Å²) in [6.07, 6.45) is 3.94. The van der Waals surface area contributed by atoms with Crippen molar-refractivity contribution in [2.24, 2.45) is 5.41 Å². The number of hydrogen-bond acceptors (Lipinski definition) is 9. The van der Waals surface area contributed by atoms with Gasteiger partial charge in [0.1, 0.15) is 24.0 Å². The van der Waals surface area contributed by atoms with Gasteiger partial charge in [0, 0.05) is 69.4 Å². The maximum absolute atomic E-state index is 15.1. The zero-order chi connectivity index (χ0) is 36.9. The minimum absolute atomic E-state index is 0.0612. The van der Waals surface area contributed by atoms with Gasteiger partial charge in [-0.3, -0.25) is 14.4 Å². The number of benzene rings is 2. The fourth-order valence-corrected chi connectivity index (χ4v) is 9.62. The SMILES string of the molecule is CCc1c(F)ccc2cc(O)cc(N3CCc4c(nc(OC[C@]56CCCN5C[C@]5(CC5(F)F)C6)nc4N4CCCn5nc(C(=O)N(C)C)cc5C4)C3)c12. The Morgan fingerprint density at radius 1 is 1.02 bits per heavy atom. The van der Waals surface area contributed by atoms with E-state index in [2.05, 4.69) is 19.8 Å². The van der Waals surface area contributed by atoms with Gasteiger partial charge in [-0.25, -0.2) is 13.2 Å². The smallest absolute Gasteiger partial charge is 0.318 e. The van der Waals surface area contributed by atoms with Gasteiger partial charge in [-0.15, -0.1) is 0 Å². The second-order valence-corrected chi connectivity index (χ2v) is 16.0. The fourth-order valence-electron chi connectivity index (χ4n) is 9.62. The van der Waals surface area contributed by atoms with Crippen LogP contribution >= 0.6 is 0 Å². The van der Waals surface area contributed by atoms with Gasteiger partial charge in [0.2, 0.25) is 0 Å². The molecule has 4 aromatic rings. The van der Waals surface area contributed by atoms with Gasteiger partial charge in [-0.2, -0.15) is 15.1 Å². The number of nitrogens with zero attached hydrogens (tertiary/aromatic N) is 8. The number of carbonyl (C=O) groups excluding carboxylic acids is 1. The topological polar surface area (TPSA) is 103 Å². The first kappa shape index (κ1) is 34.2. The minimum atomic E-state index is -2.63. The van der Waals surface area contributed by atoms with Crippen molar-refractivity contribution < 1.29 is 27.8 Å². The van der Waals surface area contributed by atoms with Gasteiger partial charge in [0.05, 0.1) is 35.4 Å². The molecular weight excluding hydrogens is 685 g/mol. The van der Waals surface area contributed by atoms with Crippen LogP contribution in [0.5, 0.6) is 11.8 Å². The molecule has 1 saturated carbocycles. The normalized spacial score (nSPS) is 24.6. The van der Waals surface area contributed by atoms with Crippen LogP contribution in [0.15, 0.2) is 30.3 Å². The molecule has 53 heavy (non-hydrogen) atoms. The van der Waals surface area contributed by atoms with Gasteiger partial charge in [0.15, 0.2) is 5.69 Å². The van der Waals surface area contributed by atoms with E-state index in [0.717, 1.165) is 65.0 Å². The molecule has 1 spiro atoms. The standard InChI is InChI=1S/C39H45F3N8O3/c1-4-27-29(40)8-7-24-15-26(51)17-32(33(24)27)47-14-9-28-31(19-47)43-36(53-23-38-10-5-12-49(38)22-37(20-38)21-39(37,41)42)44-34(28)48-11-6-13-50-25(18-48)16-30(45-50)35(52)46(2)3/h7-8,15-17,51H,4-6,9-14,18-23H2,1-3H3/t37-,38-/m1/s1. The van der Waals surface area contributed by atoms with Gasteiger partial charge in [-0.05, 0) is 74.2 Å². The summed E-state index contributed by atoms with van der Waals surface area (Å²) in [4.78, 5) is 30.9. The summed E-state index contributed by atoms with van der Waals surface area (Å²) in [6, 6.07) is 8.57. The molecule has 4 aliphatic heterocycles. The number of fused-ring (bicyclic) bond motifs is 4. The van der Waals surface area contributed by atoms with Crippen LogP contribution in [0.2, 0.25) is 0 Å². The lowest BCUT2D eigenvalue weighted by atomic mass is 9.89. The van der Waals surface area contributed by atoms with Crippen molar-refractivity contribution >= 4 is 28.2 Å². The molecule has 0 unspecified atom stereocenters. The molecule has 1 amide bonds. The van der Waals surface area contributed by atoms with E-state index >= 15 is 4.39 Å². The van der Waals surface area contributed by atoms with Crippen molar-refractivity contribution in [1.29, 1.82) is 0 Å². The number of phenols is 1. The summed E-state index contributed by atoms with van der Waals surface area (Å²) in [6.45, 7) is 6.12. The number of rotatable bonds is 7. The Kier molecular flexibility index (Phi) is 7.88. The van der Waals surface area contributed by atoms with Crippen LogP contribution in [0.1, 0.15) is 72.0 Å². The molecule has 1 aliphatic carbocycles. The highest BCUT2D eigenvalue weighted by Crippen LogP contribution is 2.69. The Bertz CT molecular complexity index is 2140. The van der Waals surface area contributed by atoms with Crippen LogP contribution in [0, 0.1) is 11.2 Å². The van der Waals surface area contributed by atoms with Crippen LogP contribution in [0.4, 0.5) is 24.7 Å². The van der Waals surface area contributed by atoms with Crippen molar-refractivity contribution in [1.82, 2.24) is 29.5 Å². The molecule has 2 atom stereocenters. The third kappa shape index (κ3) is 5.58. The number of amides is 1. The molecule has 6 heterocycles. The Hall–Kier alpha value is -4.59. The molecule has 2 aromatic heterocycles. The molecule has 280 valence electrons. The first-order chi connectivity index (χ1) is 25.4. The van der Waals surface area contributed by atoms with Crippen LogP contribution in [-0.4, -0.2) is 98.9 Å². The highest BCUT2D eigenvalue weighted by molar-refractivity contribution is 5.98. The molecule has 2 saturated heterocycles. The number of anilines is 2. The van der Waals surface area contributed by atoms with E-state index in [9.17, 15) is 18.7 Å². The lowest BCUT2D eigenvalue weighted by molar-refractivity contribution is 0.0647. The van der Waals surface area contributed by atoms with E-state index in [1.165, 1.54) is 11.0 Å². The van der Waals surface area contributed by atoms with Gasteiger partial charge in [0.25, 0.3) is 11.8 Å². The Morgan fingerprint density at radius 2 is 1.85 bits per heavy atom. The highest BCUT2D eigenvalue weighted by Gasteiger charge is 2.77. The maximum Gasteiger partial charge on any atom is 0.318 e. The zero-order valence-electron chi connectivity index (χ0n) is 30.5. The van der Waals surface area contributed by atoms with Gasteiger partial charge >= 0.3 is 6.01 Å². The summed E-state index contributed by atoms with van der Waals surface area (Å²) in [5, 5.41) is 16.9. The minimum Gasteiger partial charge on any atom is -0.508 e. The molecule has 9 rings (SSSR count). The van der Waals surface area contributed by atoms with E-state index in [0.29, 0.717) is 69.8 Å². The number of carbonyl (C=O) groups is 1. The molecule has 3 fully saturated rings. The second-order valence-electron chi connectivity index (χ2n) is 16.0. The predicted octanol–water partition coefficient (Wildman–Crippen LogP) is 5.55. The van der Waals surface area contributed by atoms with E-state index in [1.807, 2.05) is 17.7 Å². The van der Waals surface area contributed by atoms with E-state index < -0.39 is 16.9 Å². The average molecular weight is 731 g/mol. The van der Waals surface area contributed by atoms with Crippen molar-refractivity contribution in [2.75, 3.05) is 56.7 Å². The highest BCUT2D eigenvalue weighted by atomic mass is 19.3. The largest absolute Gasteiger partial charge is 0.508 e. The number of ether oxygens (including phenoxy) is 1. The third-order valence-corrected chi connectivity index (χ3v) is 12.4. The van der Waals surface area contributed by atoms with Crippen LogP contribution in [-0.2, 0) is 32.5 Å². The van der Waals surface area contributed by atoms with Gasteiger partial charge < -0.3 is 24.5 Å². The van der Waals surface area contributed by atoms with Crippen LogP contribution < -0.4 is 14.5 Å². The second kappa shape index (κ2) is 12.2. The summed E-state index contributed by atoms with van der Waals surface area (Å²) >= 11 is 0. The summed E-state index contributed by atoms with van der Waals surface area (Å²) in [7, 11) is 3.42. The number of hydrogen-bond donors (Lipinski definition) is 1. The molecular formula is C39H45F3N8O3. The Labute approximate surface area is 306 Å². The van der Waals surface area contributed by atoms with Crippen LogP contribution in [0.3, 0.4) is 0 Å². The monoisotopic (exact) mass is 730 g/mol. The number of aromatic nitrogens is 4. The quantitative estimate of drug-likeness (QED) is 0.262. The van der Waals surface area contributed by atoms with Crippen molar-refractivity contribution in [2.45, 2.75) is 83.0 Å². The van der Waals surface area contributed by atoms with E-state index in [-0.39, 0.29) is 36.5 Å². The number of phenolic OH excluding ortho intramolecular Hbond substituents is 1. The predicted molar refractivity (Wildman–Crippen MR) is 193 cm³/mol. The fraction of sp³-hybridized carbons (Fsp3) is 0.538. The number of aromatic hydroxyl groups is 1. The molecule has 1 N–H and O–H groups in total. The lowest BCUT2D eigenvalue weighted by Gasteiger charge is -2.35. The number of aryl methyl sites for hydroxylation is 2. The van der Waals surface area contributed by atoms with Crippen molar-refractivity contribution in [3.8, 4) is 11.8 Å². The van der Waals surface area contributed by atoms with Crippen molar-refractivity contribution in [3.63, 3.8) is 0 Å². The summed E-state index contributed by atoms with van der Waals surface area (Å²) in [5.41, 5.74) is 2.95. The molecule has 0 bridgehead atoms. The van der Waals surface area contributed by atoms with Crippen LogP contribution in [0.25, 0.3) is 10.8 Å². The molecule has 11 nitrogen and oxygen atoms in total. The van der Waals surface area contributed by atoms with E-state index in [4.69, 9.17) is 14.7 Å². The Balaban J connectivity index is 1.08. The third-order valence-electron chi connectivity index (χ3n) is 12.4. The Morgan fingerprint density at radius 3 is 2.62 bits per heavy atom. The first-order valence-corrected chi connectivity index (χ1v) is 18.8. The molecule has 14 heteroatoms. The van der Waals surface area contributed by atoms with E-state index in [1.54, 1.807) is 32.3 Å². The number of halogens is 3. The lowest BCUT2D eigenvalue weighted by Crippen LogP contribution is -2.43. The molecule has 5 aliphatic rings. The van der Waals surface area contributed by atoms with Crippen molar-refractivity contribution in [3.05, 3.63) is 64.4 Å². The first-order valence-electron chi connectivity index (χ1n) is 18.8. The average Bonchev–Trinajstić information content (AvgIpc) is 3.42. The summed E-state index contributed by atoms with van der Waals surface area (Å²) < 4.78 is 52.8. The number of alkyl halides is 2. The maximum atomic E-state index is 15.1. The summed E-state index contributed by atoms with van der Waals surface area (Å²) in [5.74, 6) is -2.22.